The van der Waals surface area contributed by atoms with E-state index in [2.05, 4.69) is 63.9 Å². The first kappa shape index (κ1) is 12.8. The molecule has 100 valence electrons. The highest BCUT2D eigenvalue weighted by atomic mass is 16.7. The van der Waals surface area contributed by atoms with E-state index in [0.717, 1.165) is 11.1 Å². The number of nitrogens with one attached hydrogen (secondary N) is 1. The molecule has 0 aliphatic carbocycles. The van der Waals surface area contributed by atoms with Gasteiger partial charge in [0.15, 0.2) is 0 Å². The molecule has 0 bridgehead atoms. The number of fused-ring (bicyclic) bond motifs is 1. The molecule has 1 N–H and O–H groups in total. The van der Waals surface area contributed by atoms with Crippen LogP contribution >= 0.6 is 0 Å². The summed E-state index contributed by atoms with van der Waals surface area (Å²) in [5.74, 6) is 0. The van der Waals surface area contributed by atoms with Crippen molar-refractivity contribution in [3.8, 4) is 0 Å². The van der Waals surface area contributed by atoms with Crippen molar-refractivity contribution in [2.24, 2.45) is 0 Å². The summed E-state index contributed by atoms with van der Waals surface area (Å²) in [5, 5.41) is 1.20. The third kappa shape index (κ3) is 1.90. The zero-order valence-electron chi connectivity index (χ0n) is 12.2. The van der Waals surface area contributed by atoms with Gasteiger partial charge in [-0.1, -0.05) is 18.2 Å². The van der Waals surface area contributed by atoms with Crippen molar-refractivity contribution in [3.63, 3.8) is 0 Å². The lowest BCUT2D eigenvalue weighted by atomic mass is 9.85. The largest absolute Gasteiger partial charge is 0.512 e. The summed E-state index contributed by atoms with van der Waals surface area (Å²) in [7, 11) is -0.322. The van der Waals surface area contributed by atoms with Gasteiger partial charge in [0, 0.05) is 11.1 Å². The van der Waals surface area contributed by atoms with Crippen LogP contribution in [-0.4, -0.2) is 23.3 Å². The van der Waals surface area contributed by atoms with Crippen molar-refractivity contribution in [2.75, 3.05) is 0 Å². The van der Waals surface area contributed by atoms with Gasteiger partial charge in [-0.25, -0.2) is 0 Å². The van der Waals surface area contributed by atoms with Gasteiger partial charge >= 0.3 is 7.12 Å². The fourth-order valence-electron chi connectivity index (χ4n) is 2.43. The van der Waals surface area contributed by atoms with E-state index >= 15 is 0 Å². The van der Waals surface area contributed by atoms with Gasteiger partial charge in [-0.15, -0.1) is 0 Å². The van der Waals surface area contributed by atoms with Crippen LogP contribution in [0.3, 0.4) is 0 Å². The molecular formula is C15H20BNO2. The summed E-state index contributed by atoms with van der Waals surface area (Å²) >= 11 is 0. The van der Waals surface area contributed by atoms with Crippen molar-refractivity contribution in [2.45, 2.75) is 45.8 Å². The van der Waals surface area contributed by atoms with E-state index in [4.69, 9.17) is 9.31 Å². The molecule has 19 heavy (non-hydrogen) atoms. The van der Waals surface area contributed by atoms with Crippen LogP contribution in [0.4, 0.5) is 0 Å². The van der Waals surface area contributed by atoms with E-state index < -0.39 is 0 Å². The first-order chi connectivity index (χ1) is 8.80. The van der Waals surface area contributed by atoms with E-state index in [1.165, 1.54) is 10.9 Å². The number of benzene rings is 1. The highest BCUT2D eigenvalue weighted by Gasteiger charge is 2.52. The van der Waals surface area contributed by atoms with Gasteiger partial charge in [-0.3, -0.25) is 0 Å². The summed E-state index contributed by atoms with van der Waals surface area (Å²) < 4.78 is 12.1. The first-order valence-electron chi connectivity index (χ1n) is 6.74. The van der Waals surface area contributed by atoms with Gasteiger partial charge in [0.05, 0.1) is 11.2 Å². The van der Waals surface area contributed by atoms with Gasteiger partial charge in [-0.2, -0.15) is 0 Å². The Balaban J connectivity index is 2.01. The third-order valence-corrected chi connectivity index (χ3v) is 4.39. The molecule has 1 saturated heterocycles. The third-order valence-electron chi connectivity index (χ3n) is 4.39. The Morgan fingerprint density at radius 2 is 1.68 bits per heavy atom. The van der Waals surface area contributed by atoms with E-state index in [-0.39, 0.29) is 18.3 Å². The number of hydrogen-bond acceptors (Lipinski definition) is 2. The standard InChI is InChI=1S/C15H20BNO2/c1-10-7-6-8-11-9-12(17-13(10)11)16-18-14(2,3)15(4,5)19-16/h6-9,17H,1-5H3. The molecular weight excluding hydrogens is 237 g/mol. The lowest BCUT2D eigenvalue weighted by Gasteiger charge is -2.32. The second-order valence-corrected chi connectivity index (χ2v) is 6.35. The number of aromatic nitrogens is 1. The summed E-state index contributed by atoms with van der Waals surface area (Å²) in [5.41, 5.74) is 2.78. The van der Waals surface area contributed by atoms with Crippen LogP contribution in [0.5, 0.6) is 0 Å². The Labute approximate surface area is 114 Å². The number of rotatable bonds is 1. The molecule has 0 saturated carbocycles. The molecule has 1 aliphatic heterocycles. The molecule has 1 aliphatic rings. The summed E-state index contributed by atoms with van der Waals surface area (Å²) in [4.78, 5) is 3.43. The number of hydrogen-bond donors (Lipinski definition) is 1. The van der Waals surface area contributed by atoms with Crippen LogP contribution in [0.1, 0.15) is 33.3 Å². The Kier molecular flexibility index (Phi) is 2.60. The first-order valence-corrected chi connectivity index (χ1v) is 6.74. The Morgan fingerprint density at radius 3 is 2.26 bits per heavy atom. The Morgan fingerprint density at radius 1 is 1.05 bits per heavy atom. The second kappa shape index (κ2) is 3.87. The molecule has 0 radical (unpaired) electrons. The minimum absolute atomic E-state index is 0.302. The second-order valence-electron chi connectivity index (χ2n) is 6.35. The fraction of sp³-hybridized carbons (Fsp3) is 0.467. The van der Waals surface area contributed by atoms with Crippen LogP contribution in [0.15, 0.2) is 24.3 Å². The molecule has 4 heteroatoms. The maximum atomic E-state index is 6.07. The average molecular weight is 257 g/mol. The zero-order chi connectivity index (χ0) is 13.8. The maximum Gasteiger partial charge on any atom is 0.512 e. The molecule has 2 aromatic rings. The van der Waals surface area contributed by atoms with Crippen LogP contribution < -0.4 is 5.59 Å². The highest BCUT2D eigenvalue weighted by molar-refractivity contribution is 6.61. The number of H-pyrrole nitrogens is 1. The summed E-state index contributed by atoms with van der Waals surface area (Å²) in [6.07, 6.45) is 0. The Hall–Kier alpha value is -1.26. The summed E-state index contributed by atoms with van der Waals surface area (Å²) in [6, 6.07) is 8.39. The van der Waals surface area contributed by atoms with E-state index in [1.807, 2.05) is 0 Å². The minimum Gasteiger partial charge on any atom is -0.398 e. The van der Waals surface area contributed by atoms with Crippen LogP contribution in [-0.2, 0) is 9.31 Å². The molecule has 0 amide bonds. The molecule has 0 unspecified atom stereocenters. The number of para-hydroxylation sites is 1. The molecule has 0 atom stereocenters. The van der Waals surface area contributed by atoms with Crippen LogP contribution in [0.25, 0.3) is 10.9 Å². The maximum absolute atomic E-state index is 6.07. The molecule has 1 aromatic carbocycles. The molecule has 2 heterocycles. The van der Waals surface area contributed by atoms with E-state index in [9.17, 15) is 0 Å². The van der Waals surface area contributed by atoms with Gasteiger partial charge in [0.1, 0.15) is 0 Å². The van der Waals surface area contributed by atoms with Crippen molar-refractivity contribution in [3.05, 3.63) is 29.8 Å². The van der Waals surface area contributed by atoms with Crippen LogP contribution in [0.2, 0.25) is 0 Å². The zero-order valence-corrected chi connectivity index (χ0v) is 12.2. The van der Waals surface area contributed by atoms with Crippen LogP contribution in [0, 0.1) is 6.92 Å². The van der Waals surface area contributed by atoms with Gasteiger partial charge in [0.25, 0.3) is 0 Å². The minimum atomic E-state index is -0.322. The van der Waals surface area contributed by atoms with Crippen molar-refractivity contribution in [1.82, 2.24) is 4.98 Å². The Bertz CT molecular complexity index is 614. The summed E-state index contributed by atoms with van der Waals surface area (Å²) in [6.45, 7) is 10.4. The van der Waals surface area contributed by atoms with Crippen molar-refractivity contribution >= 4 is 23.6 Å². The lowest BCUT2D eigenvalue weighted by molar-refractivity contribution is 0.00578. The van der Waals surface area contributed by atoms with Gasteiger partial charge in [-0.05, 0) is 51.6 Å². The fourth-order valence-corrected chi connectivity index (χ4v) is 2.43. The monoisotopic (exact) mass is 257 g/mol. The predicted molar refractivity (Wildman–Crippen MR) is 78.8 cm³/mol. The highest BCUT2D eigenvalue weighted by Crippen LogP contribution is 2.36. The molecule has 1 fully saturated rings. The van der Waals surface area contributed by atoms with E-state index in [0.29, 0.717) is 0 Å². The van der Waals surface area contributed by atoms with E-state index in [1.54, 1.807) is 0 Å². The van der Waals surface area contributed by atoms with Crippen molar-refractivity contribution in [1.29, 1.82) is 0 Å². The molecule has 3 nitrogen and oxygen atoms in total. The smallest absolute Gasteiger partial charge is 0.398 e. The molecule has 3 rings (SSSR count). The van der Waals surface area contributed by atoms with Gasteiger partial charge < -0.3 is 14.3 Å². The normalized spacial score (nSPS) is 21.2. The lowest BCUT2D eigenvalue weighted by Crippen LogP contribution is -2.41. The van der Waals surface area contributed by atoms with Gasteiger partial charge in [0.2, 0.25) is 0 Å². The SMILES string of the molecule is Cc1cccc2cc(B3OC(C)(C)C(C)(C)O3)[nH]c12. The predicted octanol–water partition coefficient (Wildman–Crippen LogP) is 2.78. The average Bonchev–Trinajstić information content (AvgIpc) is 2.80. The quantitative estimate of drug-likeness (QED) is 0.797. The molecule has 1 aromatic heterocycles. The number of aromatic amines is 1. The number of aryl methyl sites for hydroxylation is 1. The topological polar surface area (TPSA) is 34.2 Å². The molecule has 0 spiro atoms. The van der Waals surface area contributed by atoms with Crippen molar-refractivity contribution < 1.29 is 9.31 Å².